The van der Waals surface area contributed by atoms with Crippen LogP contribution in [-0.4, -0.2) is 35.6 Å². The number of hydrogen-bond donors (Lipinski definition) is 0. The van der Waals surface area contributed by atoms with Crippen LogP contribution in [-0.2, 0) is 0 Å². The van der Waals surface area contributed by atoms with Gasteiger partial charge in [-0.05, 0) is 19.5 Å². The van der Waals surface area contributed by atoms with Crippen LogP contribution in [0.3, 0.4) is 0 Å². The fourth-order valence-corrected chi connectivity index (χ4v) is 3.17. The van der Waals surface area contributed by atoms with E-state index < -0.39 is 0 Å². The predicted octanol–water partition coefficient (Wildman–Crippen LogP) is 5.44. The lowest BCUT2D eigenvalue weighted by atomic mass is 10.1. The topological polar surface area (TPSA) is 6.48 Å². The van der Waals surface area contributed by atoms with E-state index in [9.17, 15) is 0 Å². The maximum atomic E-state index is 3.88. The predicted molar refractivity (Wildman–Crippen MR) is 97.0 cm³/mol. The van der Waals surface area contributed by atoms with Gasteiger partial charge in [0.2, 0.25) is 0 Å². The van der Waals surface area contributed by atoms with Gasteiger partial charge in [-0.1, -0.05) is 71.3 Å². The van der Waals surface area contributed by atoms with E-state index in [-0.39, 0.29) is 12.4 Å². The Morgan fingerprint density at radius 2 is 1.43 bits per heavy atom. The molecule has 1 saturated heterocycles. The summed E-state index contributed by atoms with van der Waals surface area (Å²) in [5.41, 5.74) is 0. The van der Waals surface area contributed by atoms with Gasteiger partial charge in [0.05, 0.1) is 6.17 Å². The second kappa shape index (κ2) is 13.5. The molecule has 1 aliphatic rings. The standard InChI is InChI=1S/C18H36N2.ClH/c1-4-6-7-8-9-10-11-12-13-14-15-20-17-16-19(5-2)18(20)3;/h5,18H,2,4,6-17H2,1,3H3;1H. The Morgan fingerprint density at radius 1 is 0.905 bits per heavy atom. The highest BCUT2D eigenvalue weighted by Crippen LogP contribution is 2.16. The van der Waals surface area contributed by atoms with Crippen LogP contribution in [0.2, 0.25) is 0 Å². The molecule has 21 heavy (non-hydrogen) atoms. The number of unbranched alkanes of at least 4 members (excludes halogenated alkanes) is 9. The molecule has 1 heterocycles. The molecule has 0 radical (unpaired) electrons. The first-order valence-electron chi connectivity index (χ1n) is 8.92. The van der Waals surface area contributed by atoms with E-state index in [0.717, 1.165) is 6.54 Å². The first-order valence-corrected chi connectivity index (χ1v) is 8.92. The molecule has 0 aromatic carbocycles. The lowest BCUT2D eigenvalue weighted by molar-refractivity contribution is 0.189. The summed E-state index contributed by atoms with van der Waals surface area (Å²) in [6.45, 7) is 12.1. The van der Waals surface area contributed by atoms with Crippen molar-refractivity contribution in [1.82, 2.24) is 9.80 Å². The monoisotopic (exact) mass is 316 g/mol. The summed E-state index contributed by atoms with van der Waals surface area (Å²) in [5, 5.41) is 0. The van der Waals surface area contributed by atoms with Crippen molar-refractivity contribution in [3.05, 3.63) is 12.8 Å². The minimum absolute atomic E-state index is 0. The van der Waals surface area contributed by atoms with Crippen LogP contribution in [0.5, 0.6) is 0 Å². The molecule has 0 aromatic heterocycles. The lowest BCUT2D eigenvalue weighted by Crippen LogP contribution is -2.33. The van der Waals surface area contributed by atoms with E-state index in [1.807, 2.05) is 6.20 Å². The molecule has 0 aliphatic carbocycles. The summed E-state index contributed by atoms with van der Waals surface area (Å²) in [4.78, 5) is 4.93. The van der Waals surface area contributed by atoms with Crippen molar-refractivity contribution in [3.63, 3.8) is 0 Å². The van der Waals surface area contributed by atoms with E-state index in [4.69, 9.17) is 0 Å². The Hall–Kier alpha value is -0.210. The van der Waals surface area contributed by atoms with Gasteiger partial charge in [-0.3, -0.25) is 4.90 Å². The highest BCUT2D eigenvalue weighted by Gasteiger charge is 2.24. The summed E-state index contributed by atoms with van der Waals surface area (Å²) in [6, 6.07) is 0. The van der Waals surface area contributed by atoms with Crippen LogP contribution >= 0.6 is 12.4 Å². The van der Waals surface area contributed by atoms with Gasteiger partial charge in [0.1, 0.15) is 0 Å². The van der Waals surface area contributed by atoms with Crippen molar-refractivity contribution in [2.75, 3.05) is 19.6 Å². The van der Waals surface area contributed by atoms with E-state index in [1.54, 1.807) is 0 Å². The molecule has 0 saturated carbocycles. The van der Waals surface area contributed by atoms with Gasteiger partial charge in [-0.15, -0.1) is 12.4 Å². The molecule has 1 rings (SSSR count). The Balaban J connectivity index is 0.00000400. The summed E-state index contributed by atoms with van der Waals surface area (Å²) in [5.74, 6) is 0. The second-order valence-corrected chi connectivity index (χ2v) is 6.27. The number of hydrogen-bond acceptors (Lipinski definition) is 2. The fraction of sp³-hybridized carbons (Fsp3) is 0.889. The van der Waals surface area contributed by atoms with Crippen molar-refractivity contribution in [2.24, 2.45) is 0 Å². The molecule has 0 N–H and O–H groups in total. The van der Waals surface area contributed by atoms with Crippen LogP contribution in [0, 0.1) is 0 Å². The van der Waals surface area contributed by atoms with Gasteiger partial charge in [0.25, 0.3) is 0 Å². The molecule has 1 atom stereocenters. The quantitative estimate of drug-likeness (QED) is 0.442. The van der Waals surface area contributed by atoms with Crippen LogP contribution in [0.25, 0.3) is 0 Å². The smallest absolute Gasteiger partial charge is 0.0787 e. The molecule has 0 spiro atoms. The first kappa shape index (κ1) is 20.8. The van der Waals surface area contributed by atoms with Gasteiger partial charge in [0.15, 0.2) is 0 Å². The molecule has 1 aliphatic heterocycles. The molecule has 126 valence electrons. The van der Waals surface area contributed by atoms with E-state index in [0.29, 0.717) is 6.17 Å². The minimum atomic E-state index is 0. The van der Waals surface area contributed by atoms with Crippen LogP contribution in [0.1, 0.15) is 78.1 Å². The highest BCUT2D eigenvalue weighted by atomic mass is 35.5. The third kappa shape index (κ3) is 8.73. The van der Waals surface area contributed by atoms with Crippen molar-refractivity contribution >= 4 is 12.4 Å². The third-order valence-electron chi connectivity index (χ3n) is 4.69. The van der Waals surface area contributed by atoms with Crippen LogP contribution < -0.4 is 0 Å². The molecular weight excluding hydrogens is 280 g/mol. The average molecular weight is 317 g/mol. The van der Waals surface area contributed by atoms with E-state index >= 15 is 0 Å². The van der Waals surface area contributed by atoms with E-state index in [2.05, 4.69) is 30.2 Å². The average Bonchev–Trinajstić information content (AvgIpc) is 2.81. The second-order valence-electron chi connectivity index (χ2n) is 6.27. The molecule has 1 fully saturated rings. The molecule has 0 bridgehead atoms. The van der Waals surface area contributed by atoms with Gasteiger partial charge in [-0.2, -0.15) is 0 Å². The maximum absolute atomic E-state index is 3.88. The third-order valence-corrected chi connectivity index (χ3v) is 4.69. The summed E-state index contributed by atoms with van der Waals surface area (Å²) < 4.78 is 0. The fourth-order valence-electron chi connectivity index (χ4n) is 3.17. The maximum Gasteiger partial charge on any atom is 0.0787 e. The zero-order valence-corrected chi connectivity index (χ0v) is 15.2. The number of rotatable bonds is 12. The van der Waals surface area contributed by atoms with Crippen LogP contribution in [0.15, 0.2) is 12.8 Å². The lowest BCUT2D eigenvalue weighted by Gasteiger charge is -2.25. The highest BCUT2D eigenvalue weighted by molar-refractivity contribution is 5.85. The number of halogens is 1. The Kier molecular flexibility index (Phi) is 13.3. The zero-order chi connectivity index (χ0) is 14.6. The van der Waals surface area contributed by atoms with Gasteiger partial charge < -0.3 is 4.90 Å². The summed E-state index contributed by atoms with van der Waals surface area (Å²) in [6.07, 6.45) is 16.8. The van der Waals surface area contributed by atoms with Crippen molar-refractivity contribution in [2.45, 2.75) is 84.2 Å². The summed E-state index contributed by atoms with van der Waals surface area (Å²) in [7, 11) is 0. The Labute approximate surface area is 139 Å². The summed E-state index contributed by atoms with van der Waals surface area (Å²) >= 11 is 0. The Morgan fingerprint density at radius 3 is 1.90 bits per heavy atom. The van der Waals surface area contributed by atoms with Gasteiger partial charge in [0, 0.05) is 19.6 Å². The SMILES string of the molecule is C=CN1CCN(CCCCCCCCCCCC)C1C.Cl. The van der Waals surface area contributed by atoms with Crippen molar-refractivity contribution in [1.29, 1.82) is 0 Å². The zero-order valence-electron chi connectivity index (χ0n) is 14.4. The van der Waals surface area contributed by atoms with E-state index in [1.165, 1.54) is 77.3 Å². The molecule has 0 aromatic rings. The molecular formula is C18H37ClN2. The van der Waals surface area contributed by atoms with Crippen molar-refractivity contribution in [3.8, 4) is 0 Å². The molecule has 2 nitrogen and oxygen atoms in total. The minimum Gasteiger partial charge on any atom is -0.361 e. The normalized spacial score (nSPS) is 18.8. The molecule has 3 heteroatoms. The van der Waals surface area contributed by atoms with Gasteiger partial charge in [-0.25, -0.2) is 0 Å². The van der Waals surface area contributed by atoms with Gasteiger partial charge >= 0.3 is 0 Å². The molecule has 1 unspecified atom stereocenters. The van der Waals surface area contributed by atoms with Crippen molar-refractivity contribution < 1.29 is 0 Å². The number of nitrogens with zero attached hydrogens (tertiary/aromatic N) is 2. The molecule has 0 amide bonds. The first-order chi connectivity index (χ1) is 9.79. The Bertz CT molecular complexity index is 245. The van der Waals surface area contributed by atoms with Crippen LogP contribution in [0.4, 0.5) is 0 Å². The largest absolute Gasteiger partial charge is 0.361 e.